The largest absolute Gasteiger partial charge is 0.480 e. The summed E-state index contributed by atoms with van der Waals surface area (Å²) in [5, 5.41) is 0. The van der Waals surface area contributed by atoms with Crippen LogP contribution in [0.15, 0.2) is 6.20 Å². The van der Waals surface area contributed by atoms with Crippen LogP contribution in [0.4, 0.5) is 0 Å². The molecule has 98 valence electrons. The van der Waals surface area contributed by atoms with E-state index >= 15 is 0 Å². The minimum Gasteiger partial charge on any atom is -0.480 e. The lowest BCUT2D eigenvalue weighted by atomic mass is 10.0. The van der Waals surface area contributed by atoms with Gasteiger partial charge in [0.15, 0.2) is 11.5 Å². The minimum absolute atomic E-state index is 0.0718. The number of Topliss-reactive ketones (excluding diaryl/α,β-unsaturated/α-hetero) is 1. The van der Waals surface area contributed by atoms with Gasteiger partial charge in [-0.2, -0.15) is 4.98 Å². The van der Waals surface area contributed by atoms with Crippen molar-refractivity contribution in [1.29, 1.82) is 0 Å². The van der Waals surface area contributed by atoms with Crippen molar-refractivity contribution >= 4 is 5.78 Å². The molecule has 0 saturated carbocycles. The third-order valence-electron chi connectivity index (χ3n) is 2.88. The van der Waals surface area contributed by atoms with E-state index in [1.54, 1.807) is 0 Å². The Hall–Kier alpha value is -1.69. The maximum absolute atomic E-state index is 12.1. The summed E-state index contributed by atoms with van der Waals surface area (Å²) in [5.41, 5.74) is 0.255. The standard InChI is InChI=1S/C12H16N2O4/c1-16-10-6-13-11(12(14-10)17-2)9(15)5-8-3-4-18-7-8/h6,8H,3-5,7H2,1-2H3. The maximum atomic E-state index is 12.1. The zero-order valence-corrected chi connectivity index (χ0v) is 10.5. The van der Waals surface area contributed by atoms with Crippen LogP contribution < -0.4 is 9.47 Å². The second-order valence-electron chi connectivity index (χ2n) is 4.13. The highest BCUT2D eigenvalue weighted by atomic mass is 16.5. The Kier molecular flexibility index (Phi) is 4.09. The van der Waals surface area contributed by atoms with Gasteiger partial charge in [0.25, 0.3) is 0 Å². The van der Waals surface area contributed by atoms with Gasteiger partial charge in [0, 0.05) is 19.6 Å². The van der Waals surface area contributed by atoms with Crippen molar-refractivity contribution in [3.63, 3.8) is 0 Å². The molecule has 1 unspecified atom stereocenters. The zero-order chi connectivity index (χ0) is 13.0. The molecule has 0 aromatic carbocycles. The summed E-state index contributed by atoms with van der Waals surface area (Å²) in [7, 11) is 2.94. The van der Waals surface area contributed by atoms with Gasteiger partial charge in [0.2, 0.25) is 11.8 Å². The Morgan fingerprint density at radius 2 is 2.33 bits per heavy atom. The molecule has 1 aromatic rings. The molecule has 1 atom stereocenters. The number of carbonyl (C=O) groups excluding carboxylic acids is 1. The minimum atomic E-state index is -0.0718. The van der Waals surface area contributed by atoms with Gasteiger partial charge < -0.3 is 14.2 Å². The SMILES string of the molecule is COc1cnc(C(=O)CC2CCOC2)c(OC)n1. The van der Waals surface area contributed by atoms with Gasteiger partial charge in [-0.05, 0) is 12.3 Å². The number of aromatic nitrogens is 2. The first kappa shape index (κ1) is 12.8. The van der Waals surface area contributed by atoms with Gasteiger partial charge in [-0.15, -0.1) is 0 Å². The van der Waals surface area contributed by atoms with Crippen LogP contribution in [0.2, 0.25) is 0 Å². The zero-order valence-electron chi connectivity index (χ0n) is 10.5. The molecule has 1 saturated heterocycles. The molecule has 0 amide bonds. The van der Waals surface area contributed by atoms with Crippen molar-refractivity contribution < 1.29 is 19.0 Å². The van der Waals surface area contributed by atoms with E-state index < -0.39 is 0 Å². The number of ketones is 1. The van der Waals surface area contributed by atoms with Crippen LogP contribution in [0.25, 0.3) is 0 Å². The molecule has 1 fully saturated rings. The Bertz CT molecular complexity index is 430. The van der Waals surface area contributed by atoms with Gasteiger partial charge in [0.1, 0.15) is 0 Å². The van der Waals surface area contributed by atoms with Crippen molar-refractivity contribution in [2.24, 2.45) is 5.92 Å². The number of hydrogen-bond acceptors (Lipinski definition) is 6. The third kappa shape index (κ3) is 2.76. The maximum Gasteiger partial charge on any atom is 0.246 e. The van der Waals surface area contributed by atoms with Gasteiger partial charge in [-0.25, -0.2) is 4.98 Å². The molecule has 0 spiro atoms. The summed E-state index contributed by atoms with van der Waals surface area (Å²) in [6, 6.07) is 0. The van der Waals surface area contributed by atoms with E-state index in [0.29, 0.717) is 18.9 Å². The van der Waals surface area contributed by atoms with Crippen molar-refractivity contribution in [1.82, 2.24) is 9.97 Å². The van der Waals surface area contributed by atoms with E-state index in [2.05, 4.69) is 9.97 Å². The van der Waals surface area contributed by atoms with E-state index in [4.69, 9.17) is 14.2 Å². The Morgan fingerprint density at radius 3 is 2.94 bits per heavy atom. The Labute approximate surface area is 105 Å². The van der Waals surface area contributed by atoms with Crippen LogP contribution >= 0.6 is 0 Å². The average molecular weight is 252 g/mol. The second kappa shape index (κ2) is 5.77. The topological polar surface area (TPSA) is 70.5 Å². The van der Waals surface area contributed by atoms with Crippen molar-refractivity contribution in [3.05, 3.63) is 11.9 Å². The van der Waals surface area contributed by atoms with Crippen molar-refractivity contribution in [2.45, 2.75) is 12.8 Å². The van der Waals surface area contributed by atoms with Crippen LogP contribution in [0, 0.1) is 5.92 Å². The number of hydrogen-bond donors (Lipinski definition) is 0. The van der Waals surface area contributed by atoms with Crippen molar-refractivity contribution in [3.8, 4) is 11.8 Å². The predicted molar refractivity (Wildman–Crippen MR) is 63.0 cm³/mol. The van der Waals surface area contributed by atoms with Crippen LogP contribution in [0.3, 0.4) is 0 Å². The molecule has 0 aliphatic carbocycles. The Balaban J connectivity index is 2.13. The van der Waals surface area contributed by atoms with E-state index in [0.717, 1.165) is 13.0 Å². The summed E-state index contributed by atoms with van der Waals surface area (Å²) >= 11 is 0. The molecular formula is C12H16N2O4. The number of rotatable bonds is 5. The normalized spacial score (nSPS) is 18.7. The molecule has 1 aliphatic heterocycles. The number of methoxy groups -OCH3 is 2. The smallest absolute Gasteiger partial charge is 0.246 e. The van der Waals surface area contributed by atoms with Gasteiger partial charge in [-0.3, -0.25) is 4.79 Å². The quantitative estimate of drug-likeness (QED) is 0.731. The van der Waals surface area contributed by atoms with E-state index in [9.17, 15) is 4.79 Å². The van der Waals surface area contributed by atoms with E-state index in [-0.39, 0.29) is 23.3 Å². The highest BCUT2D eigenvalue weighted by Gasteiger charge is 2.23. The molecule has 1 aromatic heterocycles. The lowest BCUT2D eigenvalue weighted by Crippen LogP contribution is -2.12. The summed E-state index contributed by atoms with van der Waals surface area (Å²) in [4.78, 5) is 20.2. The third-order valence-corrected chi connectivity index (χ3v) is 2.88. The summed E-state index contributed by atoms with van der Waals surface area (Å²) in [6.45, 7) is 1.36. The van der Waals surface area contributed by atoms with Crippen LogP contribution in [0.1, 0.15) is 23.3 Å². The molecular weight excluding hydrogens is 236 g/mol. The second-order valence-corrected chi connectivity index (χ2v) is 4.13. The van der Waals surface area contributed by atoms with Crippen LogP contribution in [0.5, 0.6) is 11.8 Å². The lowest BCUT2D eigenvalue weighted by Gasteiger charge is -2.09. The number of carbonyl (C=O) groups is 1. The fourth-order valence-electron chi connectivity index (χ4n) is 1.89. The monoisotopic (exact) mass is 252 g/mol. The molecule has 1 aliphatic rings. The highest BCUT2D eigenvalue weighted by Crippen LogP contribution is 2.23. The molecule has 2 heterocycles. The van der Waals surface area contributed by atoms with Gasteiger partial charge >= 0.3 is 0 Å². The first-order valence-electron chi connectivity index (χ1n) is 5.80. The molecule has 0 N–H and O–H groups in total. The average Bonchev–Trinajstić information content (AvgIpc) is 2.90. The van der Waals surface area contributed by atoms with Crippen molar-refractivity contribution in [2.75, 3.05) is 27.4 Å². The fraction of sp³-hybridized carbons (Fsp3) is 0.583. The van der Waals surface area contributed by atoms with Gasteiger partial charge in [0.05, 0.1) is 20.4 Å². The molecule has 6 heteroatoms. The molecule has 0 radical (unpaired) electrons. The van der Waals surface area contributed by atoms with E-state index in [1.807, 2.05) is 0 Å². The summed E-state index contributed by atoms with van der Waals surface area (Å²) in [6.07, 6.45) is 2.75. The predicted octanol–water partition coefficient (Wildman–Crippen LogP) is 1.10. The molecule has 0 bridgehead atoms. The summed E-state index contributed by atoms with van der Waals surface area (Å²) in [5.74, 6) is 0.731. The molecule has 18 heavy (non-hydrogen) atoms. The van der Waals surface area contributed by atoms with Crippen LogP contribution in [-0.4, -0.2) is 43.2 Å². The van der Waals surface area contributed by atoms with E-state index in [1.165, 1.54) is 20.4 Å². The first-order chi connectivity index (χ1) is 8.74. The molecule has 6 nitrogen and oxygen atoms in total. The lowest BCUT2D eigenvalue weighted by molar-refractivity contribution is 0.0943. The first-order valence-corrected chi connectivity index (χ1v) is 5.80. The fourth-order valence-corrected chi connectivity index (χ4v) is 1.89. The van der Waals surface area contributed by atoms with Gasteiger partial charge in [-0.1, -0.05) is 0 Å². The molecule has 2 rings (SSSR count). The van der Waals surface area contributed by atoms with Crippen LogP contribution in [-0.2, 0) is 4.74 Å². The number of nitrogens with zero attached hydrogens (tertiary/aromatic N) is 2. The highest BCUT2D eigenvalue weighted by molar-refractivity contribution is 5.96. The summed E-state index contributed by atoms with van der Waals surface area (Å²) < 4.78 is 15.3. The number of ether oxygens (including phenoxy) is 3. The Morgan fingerprint density at radius 1 is 1.50 bits per heavy atom.